The molecule has 0 saturated carbocycles. The average molecular weight is 389 g/mol. The second kappa shape index (κ2) is 7.87. The van der Waals surface area contributed by atoms with Gasteiger partial charge in [0.2, 0.25) is 0 Å². The number of hydrogen-bond donors (Lipinski definition) is 0. The van der Waals surface area contributed by atoms with E-state index in [4.69, 9.17) is 4.74 Å². The van der Waals surface area contributed by atoms with Gasteiger partial charge in [-0.2, -0.15) is 0 Å². The van der Waals surface area contributed by atoms with Crippen molar-refractivity contribution < 1.29 is 18.3 Å². The first-order valence-corrected chi connectivity index (χ1v) is 8.98. The predicted molar refractivity (Wildman–Crippen MR) is 99.0 cm³/mol. The third kappa shape index (κ3) is 4.00. The van der Waals surface area contributed by atoms with E-state index in [2.05, 4.69) is 10.2 Å². The number of hydrogen-bond acceptors (Lipinski definition) is 5. The topological polar surface area (TPSA) is 57.0 Å². The number of ketones is 1. The molecule has 5 nitrogen and oxygen atoms in total. The number of carbonyl (C=O) groups is 1. The Morgan fingerprint density at radius 1 is 1.15 bits per heavy atom. The van der Waals surface area contributed by atoms with E-state index in [0.29, 0.717) is 16.7 Å². The number of halogens is 2. The van der Waals surface area contributed by atoms with E-state index in [1.165, 1.54) is 17.8 Å². The summed E-state index contributed by atoms with van der Waals surface area (Å²) in [4.78, 5) is 12.5. The fourth-order valence-corrected chi connectivity index (χ4v) is 3.42. The first-order valence-electron chi connectivity index (χ1n) is 8.10. The number of carbonyl (C=O) groups excluding carboxylic acids is 1. The van der Waals surface area contributed by atoms with Crippen molar-refractivity contribution in [3.05, 3.63) is 59.7 Å². The van der Waals surface area contributed by atoms with Gasteiger partial charge in [0.15, 0.2) is 28.4 Å². The van der Waals surface area contributed by atoms with Crippen molar-refractivity contribution in [1.82, 2.24) is 14.8 Å². The van der Waals surface area contributed by atoms with Crippen LogP contribution >= 0.6 is 11.8 Å². The second-order valence-electron chi connectivity index (χ2n) is 5.85. The quantitative estimate of drug-likeness (QED) is 0.469. The molecule has 2 aromatic carbocycles. The lowest BCUT2D eigenvalue weighted by molar-refractivity contribution is 0.0993. The smallest absolute Gasteiger partial charge is 0.191 e. The molecule has 1 atom stereocenters. The van der Waals surface area contributed by atoms with Crippen LogP contribution in [0.1, 0.15) is 17.3 Å². The third-order valence-electron chi connectivity index (χ3n) is 4.02. The van der Waals surface area contributed by atoms with Crippen LogP contribution in [0.15, 0.2) is 47.6 Å². The summed E-state index contributed by atoms with van der Waals surface area (Å²) in [7, 11) is 3.38. The maximum Gasteiger partial charge on any atom is 0.191 e. The number of nitrogens with zero attached hydrogens (tertiary/aromatic N) is 3. The Kier molecular flexibility index (Phi) is 5.55. The SMILES string of the molecule is COc1cccc(-c2nnc(SC(C)C(=O)c3ccc(F)c(F)c3)n2C)c1. The minimum atomic E-state index is -1.04. The fraction of sp³-hybridized carbons (Fsp3) is 0.211. The van der Waals surface area contributed by atoms with Crippen molar-refractivity contribution in [2.24, 2.45) is 7.05 Å². The zero-order valence-corrected chi connectivity index (χ0v) is 15.8. The highest BCUT2D eigenvalue weighted by atomic mass is 32.2. The van der Waals surface area contributed by atoms with E-state index in [9.17, 15) is 13.6 Å². The highest BCUT2D eigenvalue weighted by molar-refractivity contribution is 8.00. The summed E-state index contributed by atoms with van der Waals surface area (Å²) < 4.78 is 33.4. The van der Waals surface area contributed by atoms with Gasteiger partial charge in [0.05, 0.1) is 12.4 Å². The summed E-state index contributed by atoms with van der Waals surface area (Å²) in [5, 5.41) is 8.32. The van der Waals surface area contributed by atoms with Gasteiger partial charge in [0.25, 0.3) is 0 Å². The molecule has 0 saturated heterocycles. The average Bonchev–Trinajstić information content (AvgIpc) is 3.03. The highest BCUT2D eigenvalue weighted by Gasteiger charge is 2.21. The molecule has 0 bridgehead atoms. The Hall–Kier alpha value is -2.74. The number of methoxy groups -OCH3 is 1. The van der Waals surface area contributed by atoms with Gasteiger partial charge in [-0.25, -0.2) is 8.78 Å². The first kappa shape index (κ1) is 19.0. The molecule has 0 N–H and O–H groups in total. The first-order chi connectivity index (χ1) is 12.9. The van der Waals surface area contributed by atoms with Crippen molar-refractivity contribution in [2.45, 2.75) is 17.3 Å². The Morgan fingerprint density at radius 2 is 1.93 bits per heavy atom. The van der Waals surface area contributed by atoms with E-state index in [1.807, 2.05) is 24.3 Å². The van der Waals surface area contributed by atoms with Crippen LogP contribution < -0.4 is 4.74 Å². The summed E-state index contributed by atoms with van der Waals surface area (Å²) in [5.41, 5.74) is 0.944. The molecule has 3 aromatic rings. The minimum absolute atomic E-state index is 0.115. The van der Waals surface area contributed by atoms with Crippen LogP contribution in [0.3, 0.4) is 0 Å². The Morgan fingerprint density at radius 3 is 2.63 bits per heavy atom. The summed E-state index contributed by atoms with van der Waals surface area (Å²) in [5.74, 6) is -1.01. The molecule has 0 amide bonds. The molecule has 0 aliphatic rings. The second-order valence-corrected chi connectivity index (χ2v) is 7.16. The van der Waals surface area contributed by atoms with Gasteiger partial charge in [0.1, 0.15) is 5.75 Å². The molecule has 1 unspecified atom stereocenters. The van der Waals surface area contributed by atoms with Crippen molar-refractivity contribution in [3.63, 3.8) is 0 Å². The molecular formula is C19H17F2N3O2S. The molecule has 3 rings (SSSR count). The largest absolute Gasteiger partial charge is 0.497 e. The number of Topliss-reactive ketones (excluding diaryl/α,β-unsaturated/α-hetero) is 1. The fourth-order valence-electron chi connectivity index (χ4n) is 2.53. The third-order valence-corrected chi connectivity index (χ3v) is 5.15. The lowest BCUT2D eigenvalue weighted by Crippen LogP contribution is -2.15. The summed E-state index contributed by atoms with van der Waals surface area (Å²) in [6, 6.07) is 10.5. The molecule has 0 spiro atoms. The maximum atomic E-state index is 13.4. The molecule has 1 heterocycles. The number of thioether (sulfide) groups is 1. The van der Waals surface area contributed by atoms with Gasteiger partial charge in [0, 0.05) is 18.2 Å². The van der Waals surface area contributed by atoms with Gasteiger partial charge in [-0.05, 0) is 37.3 Å². The van der Waals surface area contributed by atoms with Crippen LogP contribution in [0.5, 0.6) is 5.75 Å². The number of benzene rings is 2. The Labute approximate surface area is 159 Å². The van der Waals surface area contributed by atoms with E-state index in [-0.39, 0.29) is 11.3 Å². The Bertz CT molecular complexity index is 991. The van der Waals surface area contributed by atoms with Gasteiger partial charge < -0.3 is 9.30 Å². The molecule has 1 aromatic heterocycles. The van der Waals surface area contributed by atoms with E-state index in [1.54, 1.807) is 25.6 Å². The molecule has 0 fully saturated rings. The van der Waals surface area contributed by atoms with Crippen LogP contribution in [0, 0.1) is 11.6 Å². The van der Waals surface area contributed by atoms with Gasteiger partial charge in [-0.15, -0.1) is 10.2 Å². The monoisotopic (exact) mass is 389 g/mol. The van der Waals surface area contributed by atoms with E-state index < -0.39 is 16.9 Å². The highest BCUT2D eigenvalue weighted by Crippen LogP contribution is 2.28. The van der Waals surface area contributed by atoms with E-state index in [0.717, 1.165) is 17.7 Å². The summed E-state index contributed by atoms with van der Waals surface area (Å²) in [6.45, 7) is 1.69. The summed E-state index contributed by atoms with van der Waals surface area (Å²) in [6.07, 6.45) is 0. The van der Waals surface area contributed by atoms with Crippen molar-refractivity contribution in [2.75, 3.05) is 7.11 Å². The molecular weight excluding hydrogens is 372 g/mol. The van der Waals surface area contributed by atoms with Gasteiger partial charge >= 0.3 is 0 Å². The molecule has 0 radical (unpaired) electrons. The standard InChI is InChI=1S/C19H17F2N3O2S/c1-11(17(25)12-7-8-15(20)16(21)10-12)27-19-23-22-18(24(19)2)13-5-4-6-14(9-13)26-3/h4-11H,1-3H3. The Balaban J connectivity index is 1.80. The molecule has 27 heavy (non-hydrogen) atoms. The van der Waals surface area contributed by atoms with Crippen LogP contribution in [0.25, 0.3) is 11.4 Å². The lowest BCUT2D eigenvalue weighted by Gasteiger charge is -2.10. The normalized spacial score (nSPS) is 12.0. The van der Waals surface area contributed by atoms with Crippen molar-refractivity contribution >= 4 is 17.5 Å². The zero-order chi connectivity index (χ0) is 19.6. The summed E-state index contributed by atoms with van der Waals surface area (Å²) >= 11 is 1.20. The number of ether oxygens (including phenoxy) is 1. The van der Waals surface area contributed by atoms with Crippen LogP contribution in [0.2, 0.25) is 0 Å². The predicted octanol–water partition coefficient (Wildman–Crippen LogP) is 4.13. The molecule has 8 heteroatoms. The van der Waals surface area contributed by atoms with Crippen LogP contribution in [-0.2, 0) is 7.05 Å². The van der Waals surface area contributed by atoms with Gasteiger partial charge in [-0.3, -0.25) is 4.79 Å². The molecule has 140 valence electrons. The van der Waals surface area contributed by atoms with Gasteiger partial charge in [-0.1, -0.05) is 23.9 Å². The molecule has 0 aliphatic carbocycles. The number of aromatic nitrogens is 3. The maximum absolute atomic E-state index is 13.4. The van der Waals surface area contributed by atoms with Crippen LogP contribution in [-0.4, -0.2) is 32.9 Å². The van der Waals surface area contributed by atoms with Crippen LogP contribution in [0.4, 0.5) is 8.78 Å². The van der Waals surface area contributed by atoms with Crippen molar-refractivity contribution in [1.29, 1.82) is 0 Å². The zero-order valence-electron chi connectivity index (χ0n) is 14.9. The molecule has 0 aliphatic heterocycles. The lowest BCUT2D eigenvalue weighted by atomic mass is 10.1. The number of rotatable bonds is 6. The van der Waals surface area contributed by atoms with Crippen molar-refractivity contribution in [3.8, 4) is 17.1 Å². The van der Waals surface area contributed by atoms with E-state index >= 15 is 0 Å². The minimum Gasteiger partial charge on any atom is -0.497 e.